The Morgan fingerprint density at radius 1 is 0.946 bits per heavy atom. The molecule has 0 saturated carbocycles. The van der Waals surface area contributed by atoms with E-state index >= 15 is 0 Å². The minimum Gasteiger partial charge on any atom is -0.480 e. The fourth-order valence-electron chi connectivity index (χ4n) is 3.53. The van der Waals surface area contributed by atoms with E-state index in [1.54, 1.807) is 24.3 Å². The van der Waals surface area contributed by atoms with Crippen LogP contribution >= 0.6 is 12.6 Å². The maximum absolute atomic E-state index is 13.2. The molecule has 0 radical (unpaired) electrons. The number of carboxylic acid groups (broad SMARTS) is 1. The Balaban J connectivity index is 2.12. The molecule has 0 aliphatic heterocycles. The normalized spacial score (nSPS) is 14.1. The summed E-state index contributed by atoms with van der Waals surface area (Å²) in [4.78, 5) is 57.1. The molecule has 4 atom stereocenters. The van der Waals surface area contributed by atoms with Crippen LogP contribution < -0.4 is 27.4 Å². The number of nitrogens with two attached hydrogens (primary N) is 2. The molecule has 0 bridgehead atoms. The van der Waals surface area contributed by atoms with Crippen molar-refractivity contribution < 1.29 is 24.3 Å². The molecule has 1 heterocycles. The zero-order valence-electron chi connectivity index (χ0n) is 20.4. The molecule has 12 nitrogen and oxygen atoms in total. The van der Waals surface area contributed by atoms with E-state index in [1.807, 2.05) is 6.07 Å². The lowest BCUT2D eigenvalue weighted by molar-refractivity contribution is -0.142. The molecule has 0 spiro atoms. The van der Waals surface area contributed by atoms with Crippen molar-refractivity contribution in [1.82, 2.24) is 25.9 Å². The van der Waals surface area contributed by atoms with Crippen LogP contribution in [0, 0.1) is 0 Å². The van der Waals surface area contributed by atoms with E-state index in [2.05, 4.69) is 38.5 Å². The number of rotatable bonds is 16. The summed E-state index contributed by atoms with van der Waals surface area (Å²) in [6.45, 7) is 0.492. The number of benzene rings is 1. The van der Waals surface area contributed by atoms with E-state index in [9.17, 15) is 24.3 Å². The van der Waals surface area contributed by atoms with Crippen LogP contribution in [-0.2, 0) is 32.0 Å². The molecule has 9 N–H and O–H groups in total. The molecule has 0 aliphatic carbocycles. The maximum Gasteiger partial charge on any atom is 0.326 e. The fraction of sp³-hybridized carbons (Fsp3) is 0.458. The molecule has 3 amide bonds. The zero-order valence-corrected chi connectivity index (χ0v) is 21.3. The molecule has 2 rings (SSSR count). The maximum atomic E-state index is 13.2. The van der Waals surface area contributed by atoms with Crippen molar-refractivity contribution in [2.24, 2.45) is 11.5 Å². The number of carbonyl (C=O) groups excluding carboxylic acids is 3. The second-order valence-corrected chi connectivity index (χ2v) is 8.93. The number of thiol groups is 1. The molecule has 13 heteroatoms. The summed E-state index contributed by atoms with van der Waals surface area (Å²) in [5.41, 5.74) is 12.7. The third-order valence-electron chi connectivity index (χ3n) is 5.63. The van der Waals surface area contributed by atoms with Crippen molar-refractivity contribution in [3.05, 3.63) is 54.1 Å². The van der Waals surface area contributed by atoms with Crippen molar-refractivity contribution in [3.8, 4) is 0 Å². The van der Waals surface area contributed by atoms with Crippen LogP contribution in [0.15, 0.2) is 42.9 Å². The number of carboxylic acids is 1. The van der Waals surface area contributed by atoms with Crippen molar-refractivity contribution >= 4 is 36.3 Å². The van der Waals surface area contributed by atoms with Gasteiger partial charge in [0.25, 0.3) is 0 Å². The van der Waals surface area contributed by atoms with E-state index in [0.717, 1.165) is 12.0 Å². The summed E-state index contributed by atoms with van der Waals surface area (Å²) in [5, 5.41) is 17.3. The molecule has 202 valence electrons. The molecular formula is C24H35N7O5S. The third kappa shape index (κ3) is 10.2. The molecule has 4 unspecified atom stereocenters. The molecule has 0 fully saturated rings. The number of amides is 3. The highest BCUT2D eigenvalue weighted by molar-refractivity contribution is 7.80. The first-order valence-corrected chi connectivity index (χ1v) is 12.6. The topological polar surface area (TPSA) is 205 Å². The van der Waals surface area contributed by atoms with Gasteiger partial charge in [0.2, 0.25) is 17.7 Å². The molecular weight excluding hydrogens is 498 g/mol. The van der Waals surface area contributed by atoms with E-state index in [-0.39, 0.29) is 18.6 Å². The zero-order chi connectivity index (χ0) is 27.2. The highest BCUT2D eigenvalue weighted by Gasteiger charge is 2.30. The van der Waals surface area contributed by atoms with Gasteiger partial charge in [-0.25, -0.2) is 9.78 Å². The Morgan fingerprint density at radius 2 is 1.59 bits per heavy atom. The first kappa shape index (κ1) is 29.8. The number of unbranched alkanes of at least 4 members (excludes halogenated alkanes) is 1. The molecule has 37 heavy (non-hydrogen) atoms. The molecule has 0 saturated heterocycles. The second-order valence-electron chi connectivity index (χ2n) is 8.57. The third-order valence-corrected chi connectivity index (χ3v) is 6.00. The predicted molar refractivity (Wildman–Crippen MR) is 141 cm³/mol. The van der Waals surface area contributed by atoms with Gasteiger partial charge in [0.05, 0.1) is 12.4 Å². The summed E-state index contributed by atoms with van der Waals surface area (Å²) in [7, 11) is 0. The largest absolute Gasteiger partial charge is 0.480 e. The Bertz CT molecular complexity index is 1010. The first-order chi connectivity index (χ1) is 17.7. The van der Waals surface area contributed by atoms with E-state index in [4.69, 9.17) is 11.5 Å². The minimum absolute atomic E-state index is 0.0234. The molecule has 1 aromatic heterocycles. The molecule has 2 aromatic rings. The standard InChI is InChI=1S/C24H35N7O5S/c25-9-5-4-8-17(26)21(32)31-20(13-37)23(34)29-18(10-15-6-2-1-3-7-15)22(33)30-19(24(35)36)11-16-12-27-14-28-16/h1-3,6-7,12,14,17-20,37H,4-5,8-11,13,25-26H2,(H,27,28)(H,29,34)(H,30,33)(H,31,32)(H,35,36). The predicted octanol–water partition coefficient (Wildman–Crippen LogP) is -0.880. The van der Waals surface area contributed by atoms with Gasteiger partial charge >= 0.3 is 5.97 Å². The number of aromatic nitrogens is 2. The number of nitrogens with zero attached hydrogens (tertiary/aromatic N) is 1. The lowest BCUT2D eigenvalue weighted by Crippen LogP contribution is -2.58. The fourth-order valence-corrected chi connectivity index (χ4v) is 3.79. The second kappa shape index (κ2) is 15.6. The summed E-state index contributed by atoms with van der Waals surface area (Å²) >= 11 is 4.17. The number of hydrogen-bond donors (Lipinski definition) is 8. The highest BCUT2D eigenvalue weighted by Crippen LogP contribution is 2.07. The average Bonchev–Trinajstić information content (AvgIpc) is 3.40. The van der Waals surface area contributed by atoms with Gasteiger partial charge in [-0.1, -0.05) is 36.8 Å². The van der Waals surface area contributed by atoms with Crippen molar-refractivity contribution in [3.63, 3.8) is 0 Å². The van der Waals surface area contributed by atoms with Crippen LogP contribution in [0.2, 0.25) is 0 Å². The Labute approximate surface area is 220 Å². The summed E-state index contributed by atoms with van der Waals surface area (Å²) in [5.74, 6) is -3.12. The number of H-pyrrole nitrogens is 1. The first-order valence-electron chi connectivity index (χ1n) is 12.0. The Morgan fingerprint density at radius 3 is 2.19 bits per heavy atom. The van der Waals surface area contributed by atoms with Gasteiger partial charge in [-0.15, -0.1) is 0 Å². The van der Waals surface area contributed by atoms with Crippen LogP contribution in [0.25, 0.3) is 0 Å². The SMILES string of the molecule is NCCCCC(N)C(=O)NC(CS)C(=O)NC(Cc1ccccc1)C(=O)NC(Cc1cnc[nH]1)C(=O)O. The lowest BCUT2D eigenvalue weighted by Gasteiger charge is -2.24. The Kier molecular flexibility index (Phi) is 12.6. The van der Waals surface area contributed by atoms with Crippen LogP contribution in [0.3, 0.4) is 0 Å². The van der Waals surface area contributed by atoms with Crippen molar-refractivity contribution in [2.45, 2.75) is 56.3 Å². The van der Waals surface area contributed by atoms with Crippen molar-refractivity contribution in [1.29, 1.82) is 0 Å². The molecule has 0 aliphatic rings. The van der Waals surface area contributed by atoms with Gasteiger partial charge in [-0.05, 0) is 24.9 Å². The minimum atomic E-state index is -1.25. The quantitative estimate of drug-likeness (QED) is 0.100. The van der Waals surface area contributed by atoms with Gasteiger partial charge in [0.15, 0.2) is 0 Å². The van der Waals surface area contributed by atoms with E-state index in [1.165, 1.54) is 12.5 Å². The number of aliphatic carboxylic acids is 1. The molecule has 1 aromatic carbocycles. The smallest absolute Gasteiger partial charge is 0.326 e. The van der Waals surface area contributed by atoms with Gasteiger partial charge in [-0.2, -0.15) is 12.6 Å². The summed E-state index contributed by atoms with van der Waals surface area (Å²) in [6, 6.07) is 4.71. The monoisotopic (exact) mass is 533 g/mol. The Hall–Kier alpha value is -3.42. The van der Waals surface area contributed by atoms with Crippen LogP contribution in [0.1, 0.15) is 30.5 Å². The lowest BCUT2D eigenvalue weighted by atomic mass is 10.0. The van der Waals surface area contributed by atoms with E-state index < -0.39 is 47.9 Å². The number of carbonyl (C=O) groups is 4. The number of imidazole rings is 1. The summed E-state index contributed by atoms with van der Waals surface area (Å²) in [6.07, 6.45) is 4.76. The van der Waals surface area contributed by atoms with Gasteiger partial charge in [-0.3, -0.25) is 14.4 Å². The van der Waals surface area contributed by atoms with Gasteiger partial charge in [0.1, 0.15) is 18.1 Å². The van der Waals surface area contributed by atoms with Crippen LogP contribution in [-0.4, -0.2) is 75.2 Å². The van der Waals surface area contributed by atoms with Gasteiger partial charge < -0.3 is 37.5 Å². The van der Waals surface area contributed by atoms with E-state index in [0.29, 0.717) is 25.1 Å². The summed E-state index contributed by atoms with van der Waals surface area (Å²) < 4.78 is 0. The number of aromatic amines is 1. The number of hydrogen-bond acceptors (Lipinski definition) is 8. The number of nitrogens with one attached hydrogen (secondary N) is 4. The average molecular weight is 534 g/mol. The van der Waals surface area contributed by atoms with Crippen molar-refractivity contribution in [2.75, 3.05) is 12.3 Å². The highest BCUT2D eigenvalue weighted by atomic mass is 32.1. The van der Waals surface area contributed by atoms with Gasteiger partial charge in [0, 0.05) is 30.5 Å². The van der Waals surface area contributed by atoms with Crippen LogP contribution in [0.4, 0.5) is 0 Å². The van der Waals surface area contributed by atoms with Crippen LogP contribution in [0.5, 0.6) is 0 Å².